The normalized spacial score (nSPS) is 41.0. The Morgan fingerprint density at radius 3 is 2.22 bits per heavy atom. The lowest BCUT2D eigenvalue weighted by Crippen LogP contribution is -2.42. The van der Waals surface area contributed by atoms with Crippen LogP contribution in [0.15, 0.2) is 0 Å². The second-order valence-electron chi connectivity index (χ2n) is 9.00. The Labute approximate surface area is 143 Å². The van der Waals surface area contributed by atoms with Crippen LogP contribution in [0, 0.1) is 17.8 Å². The van der Waals surface area contributed by atoms with Crippen LogP contribution >= 0.6 is 0 Å². The van der Waals surface area contributed by atoms with E-state index in [1.54, 1.807) is 0 Å². The summed E-state index contributed by atoms with van der Waals surface area (Å²) < 4.78 is 0. The summed E-state index contributed by atoms with van der Waals surface area (Å²) in [4.78, 5) is 5.55. The molecule has 0 aromatic carbocycles. The molecule has 0 aromatic heterocycles. The molecule has 1 saturated carbocycles. The molecule has 0 amide bonds. The Hall–Kier alpha value is -0.120. The van der Waals surface area contributed by atoms with E-state index in [1.165, 1.54) is 77.7 Å². The maximum Gasteiger partial charge on any atom is 0.00819 e. The number of hydrogen-bond acceptors (Lipinski definition) is 3. The minimum Gasteiger partial charge on any atom is -0.314 e. The summed E-state index contributed by atoms with van der Waals surface area (Å²) in [6.45, 7) is 11.7. The predicted octanol–water partition coefficient (Wildman–Crippen LogP) is 2.96. The van der Waals surface area contributed by atoms with E-state index >= 15 is 0 Å². The molecular formula is C20H37N3. The lowest BCUT2D eigenvalue weighted by Gasteiger charge is -2.32. The topological polar surface area (TPSA) is 18.5 Å². The zero-order chi connectivity index (χ0) is 15.8. The number of likely N-dealkylation sites (tertiary alicyclic amines) is 2. The van der Waals surface area contributed by atoms with Gasteiger partial charge in [0.2, 0.25) is 0 Å². The molecule has 3 heterocycles. The average molecular weight is 320 g/mol. The third kappa shape index (κ3) is 3.62. The van der Waals surface area contributed by atoms with Crippen molar-refractivity contribution in [3.8, 4) is 0 Å². The molecule has 0 spiro atoms. The molecule has 1 N–H and O–H groups in total. The maximum atomic E-state index is 3.73. The Balaban J connectivity index is 1.19. The molecule has 5 unspecified atom stereocenters. The van der Waals surface area contributed by atoms with Crippen LogP contribution in [0.3, 0.4) is 0 Å². The Morgan fingerprint density at radius 2 is 1.57 bits per heavy atom. The molecule has 3 nitrogen and oxygen atoms in total. The fourth-order valence-electron chi connectivity index (χ4n) is 5.80. The first kappa shape index (κ1) is 16.4. The lowest BCUT2D eigenvalue weighted by molar-refractivity contribution is 0.176. The number of rotatable bonds is 6. The monoisotopic (exact) mass is 319 g/mol. The van der Waals surface area contributed by atoms with Gasteiger partial charge in [0.15, 0.2) is 0 Å². The van der Waals surface area contributed by atoms with Gasteiger partial charge >= 0.3 is 0 Å². The number of fused-ring (bicyclic) bond motifs is 1. The smallest absolute Gasteiger partial charge is 0.00819 e. The Kier molecular flexibility index (Phi) is 4.99. The highest BCUT2D eigenvalue weighted by Crippen LogP contribution is 2.54. The van der Waals surface area contributed by atoms with Gasteiger partial charge in [0.05, 0.1) is 0 Å². The summed E-state index contributed by atoms with van der Waals surface area (Å²) in [5, 5.41) is 3.73. The number of hydrogen-bond donors (Lipinski definition) is 1. The van der Waals surface area contributed by atoms with Gasteiger partial charge < -0.3 is 15.1 Å². The predicted molar refractivity (Wildman–Crippen MR) is 96.6 cm³/mol. The van der Waals surface area contributed by atoms with Crippen LogP contribution in [0.1, 0.15) is 58.8 Å². The van der Waals surface area contributed by atoms with E-state index in [2.05, 4.69) is 29.0 Å². The molecule has 132 valence electrons. The van der Waals surface area contributed by atoms with Crippen LogP contribution in [0.4, 0.5) is 0 Å². The van der Waals surface area contributed by atoms with Crippen molar-refractivity contribution in [2.45, 2.75) is 76.9 Å². The molecule has 3 aliphatic heterocycles. The van der Waals surface area contributed by atoms with Gasteiger partial charge in [-0.15, -0.1) is 0 Å². The second kappa shape index (κ2) is 7.01. The highest BCUT2D eigenvalue weighted by Gasteiger charge is 2.56. The van der Waals surface area contributed by atoms with E-state index in [9.17, 15) is 0 Å². The van der Waals surface area contributed by atoms with Crippen LogP contribution in [0.5, 0.6) is 0 Å². The first-order valence-corrected chi connectivity index (χ1v) is 10.4. The van der Waals surface area contributed by atoms with Gasteiger partial charge in [-0.1, -0.05) is 6.42 Å². The van der Waals surface area contributed by atoms with Crippen LogP contribution in [0.25, 0.3) is 0 Å². The Morgan fingerprint density at radius 1 is 0.870 bits per heavy atom. The molecule has 4 aliphatic rings. The molecule has 5 atom stereocenters. The first-order chi connectivity index (χ1) is 11.2. The van der Waals surface area contributed by atoms with E-state index < -0.39 is 0 Å². The van der Waals surface area contributed by atoms with Crippen molar-refractivity contribution in [1.29, 1.82) is 0 Å². The quantitative estimate of drug-likeness (QED) is 0.812. The first-order valence-electron chi connectivity index (χ1n) is 10.4. The van der Waals surface area contributed by atoms with Gasteiger partial charge in [0.25, 0.3) is 0 Å². The van der Waals surface area contributed by atoms with Crippen molar-refractivity contribution < 1.29 is 0 Å². The molecule has 3 heteroatoms. The fourth-order valence-corrected chi connectivity index (χ4v) is 5.80. The summed E-state index contributed by atoms with van der Waals surface area (Å²) >= 11 is 0. The molecule has 4 rings (SSSR count). The third-order valence-corrected chi connectivity index (χ3v) is 7.44. The number of nitrogens with zero attached hydrogens (tertiary/aromatic N) is 2. The van der Waals surface area contributed by atoms with Crippen LogP contribution < -0.4 is 5.32 Å². The number of piperidine rings is 2. The minimum atomic E-state index is 0.787. The average Bonchev–Trinajstić information content (AvgIpc) is 3.01. The second-order valence-corrected chi connectivity index (χ2v) is 9.00. The molecule has 4 fully saturated rings. The maximum absolute atomic E-state index is 3.73. The van der Waals surface area contributed by atoms with Gasteiger partial charge in [-0.25, -0.2) is 0 Å². The fraction of sp³-hybridized carbons (Fsp3) is 1.00. The van der Waals surface area contributed by atoms with Crippen molar-refractivity contribution in [1.82, 2.24) is 15.1 Å². The summed E-state index contributed by atoms with van der Waals surface area (Å²) in [6.07, 6.45) is 9.93. The lowest BCUT2D eigenvalue weighted by atomic mass is 9.98. The summed E-state index contributed by atoms with van der Waals surface area (Å²) in [7, 11) is 0. The molecule has 0 bridgehead atoms. The van der Waals surface area contributed by atoms with Crippen molar-refractivity contribution in [2.24, 2.45) is 17.8 Å². The van der Waals surface area contributed by atoms with Gasteiger partial charge in [-0.3, -0.25) is 0 Å². The zero-order valence-electron chi connectivity index (χ0n) is 15.3. The van der Waals surface area contributed by atoms with Crippen molar-refractivity contribution in [2.75, 3.05) is 32.7 Å². The van der Waals surface area contributed by atoms with Crippen molar-refractivity contribution in [3.63, 3.8) is 0 Å². The summed E-state index contributed by atoms with van der Waals surface area (Å²) in [5.74, 6) is 3.14. The molecule has 23 heavy (non-hydrogen) atoms. The zero-order valence-corrected chi connectivity index (χ0v) is 15.3. The summed E-state index contributed by atoms with van der Waals surface area (Å²) in [6, 6.07) is 2.42. The van der Waals surface area contributed by atoms with E-state index in [1.807, 2.05) is 0 Å². The standard InChI is InChI=1S/C20H37N3/c1-15(11-17-7-3-4-8-21-17)23-13-19-18(20(19)14-23)12-16(2)22-9-5-6-10-22/h15-21H,3-14H2,1-2H3. The van der Waals surface area contributed by atoms with Gasteiger partial charge in [0, 0.05) is 31.2 Å². The highest BCUT2D eigenvalue weighted by molar-refractivity contribution is 5.07. The molecule has 1 aliphatic carbocycles. The van der Waals surface area contributed by atoms with Gasteiger partial charge in [-0.05, 0) is 89.8 Å². The third-order valence-electron chi connectivity index (χ3n) is 7.44. The van der Waals surface area contributed by atoms with E-state index in [4.69, 9.17) is 0 Å². The SMILES string of the molecule is CC(CC1C2CN(C(C)CC3CCCCN3)CC12)N1CCCC1. The van der Waals surface area contributed by atoms with Gasteiger partial charge in [-0.2, -0.15) is 0 Å². The largest absolute Gasteiger partial charge is 0.314 e. The van der Waals surface area contributed by atoms with Gasteiger partial charge in [0.1, 0.15) is 0 Å². The summed E-state index contributed by atoms with van der Waals surface area (Å²) in [5.41, 5.74) is 0. The molecular weight excluding hydrogens is 282 g/mol. The van der Waals surface area contributed by atoms with E-state index in [0.717, 1.165) is 35.9 Å². The van der Waals surface area contributed by atoms with E-state index in [0.29, 0.717) is 0 Å². The van der Waals surface area contributed by atoms with Crippen molar-refractivity contribution in [3.05, 3.63) is 0 Å². The minimum absolute atomic E-state index is 0.787. The van der Waals surface area contributed by atoms with Crippen LogP contribution in [0.2, 0.25) is 0 Å². The molecule has 3 saturated heterocycles. The molecule has 0 aromatic rings. The molecule has 0 radical (unpaired) electrons. The Bertz CT molecular complexity index is 374. The highest BCUT2D eigenvalue weighted by atomic mass is 15.2. The van der Waals surface area contributed by atoms with Crippen LogP contribution in [-0.2, 0) is 0 Å². The van der Waals surface area contributed by atoms with E-state index in [-0.39, 0.29) is 0 Å². The van der Waals surface area contributed by atoms with Crippen LogP contribution in [-0.4, -0.2) is 60.6 Å². The number of nitrogens with one attached hydrogen (secondary N) is 1. The van der Waals surface area contributed by atoms with Crippen molar-refractivity contribution >= 4 is 0 Å².